The molecule has 15 heavy (non-hydrogen) atoms. The summed E-state index contributed by atoms with van der Waals surface area (Å²) in [7, 11) is 2.99. The normalized spacial score (nSPS) is 12.2. The van der Waals surface area contributed by atoms with Crippen molar-refractivity contribution >= 4 is 11.8 Å². The quantitative estimate of drug-likeness (QED) is 0.458. The summed E-state index contributed by atoms with van der Waals surface area (Å²) in [5, 5.41) is 0. The predicted molar refractivity (Wildman–Crippen MR) is 56.6 cm³/mol. The van der Waals surface area contributed by atoms with Crippen LogP contribution in [-0.2, 0) is 19.1 Å². The Labute approximate surface area is 90.9 Å². The molecule has 0 spiro atoms. The van der Waals surface area contributed by atoms with Gasteiger partial charge in [-0.2, -0.15) is 0 Å². The molecule has 88 valence electrons. The number of hydrogen-bond acceptors (Lipinski definition) is 4. The van der Waals surface area contributed by atoms with Crippen molar-refractivity contribution in [3.8, 4) is 0 Å². The van der Waals surface area contributed by atoms with E-state index in [0.29, 0.717) is 12.8 Å². The number of carbonyl (C=O) groups is 2. The van der Waals surface area contributed by atoms with Gasteiger partial charge in [-0.15, -0.1) is 0 Å². The minimum atomic E-state index is -0.185. The molecule has 0 rings (SSSR count). The zero-order chi connectivity index (χ0) is 11.7. The SMILES string of the molecule is COC(=O)CCCCC(CC(C)=O)OC. The Hall–Kier alpha value is -0.900. The molecule has 4 nitrogen and oxygen atoms in total. The molecule has 0 fully saturated rings. The molecule has 1 unspecified atom stereocenters. The lowest BCUT2D eigenvalue weighted by molar-refractivity contribution is -0.140. The van der Waals surface area contributed by atoms with Gasteiger partial charge in [-0.05, 0) is 19.8 Å². The fraction of sp³-hybridized carbons (Fsp3) is 0.818. The van der Waals surface area contributed by atoms with Crippen molar-refractivity contribution < 1.29 is 19.1 Å². The van der Waals surface area contributed by atoms with Gasteiger partial charge in [0, 0.05) is 20.0 Å². The third kappa shape index (κ3) is 8.12. The summed E-state index contributed by atoms with van der Waals surface area (Å²) in [6.07, 6.45) is 3.35. The number of hydrogen-bond donors (Lipinski definition) is 0. The van der Waals surface area contributed by atoms with E-state index in [9.17, 15) is 9.59 Å². The number of ketones is 1. The van der Waals surface area contributed by atoms with Crippen LogP contribution in [0.3, 0.4) is 0 Å². The van der Waals surface area contributed by atoms with E-state index in [4.69, 9.17) is 4.74 Å². The lowest BCUT2D eigenvalue weighted by Gasteiger charge is -2.12. The van der Waals surface area contributed by atoms with E-state index in [0.717, 1.165) is 19.3 Å². The monoisotopic (exact) mass is 216 g/mol. The standard InChI is InChI=1S/C11H20O4/c1-9(12)8-10(14-2)6-4-5-7-11(13)15-3/h10H,4-8H2,1-3H3. The molecule has 0 aromatic heterocycles. The Bertz CT molecular complexity index is 201. The smallest absolute Gasteiger partial charge is 0.305 e. The minimum Gasteiger partial charge on any atom is -0.469 e. The maximum atomic E-state index is 10.8. The number of unbranched alkanes of at least 4 members (excludes halogenated alkanes) is 1. The van der Waals surface area contributed by atoms with Crippen molar-refractivity contribution in [2.24, 2.45) is 0 Å². The summed E-state index contributed by atoms with van der Waals surface area (Å²) < 4.78 is 9.68. The van der Waals surface area contributed by atoms with Crippen LogP contribution in [0.2, 0.25) is 0 Å². The third-order valence-electron chi connectivity index (χ3n) is 2.23. The predicted octanol–water partition coefficient (Wildman–Crippen LogP) is 1.71. The highest BCUT2D eigenvalue weighted by molar-refractivity contribution is 5.75. The average molecular weight is 216 g/mol. The lowest BCUT2D eigenvalue weighted by atomic mass is 10.1. The Balaban J connectivity index is 3.54. The summed E-state index contributed by atoms with van der Waals surface area (Å²) in [4.78, 5) is 21.6. The number of ether oxygens (including phenoxy) is 2. The molecule has 0 amide bonds. The molecule has 0 N–H and O–H groups in total. The van der Waals surface area contributed by atoms with E-state index in [1.807, 2.05) is 0 Å². The molecule has 0 radical (unpaired) electrons. The van der Waals surface area contributed by atoms with Crippen LogP contribution in [-0.4, -0.2) is 32.1 Å². The van der Waals surface area contributed by atoms with Crippen molar-refractivity contribution in [2.45, 2.75) is 45.1 Å². The molecule has 0 heterocycles. The van der Waals surface area contributed by atoms with E-state index in [1.165, 1.54) is 7.11 Å². The largest absolute Gasteiger partial charge is 0.469 e. The Morgan fingerprint density at radius 3 is 2.33 bits per heavy atom. The summed E-state index contributed by atoms with van der Waals surface area (Å²) in [6.45, 7) is 1.56. The molecule has 0 aliphatic rings. The highest BCUT2D eigenvalue weighted by Crippen LogP contribution is 2.10. The Morgan fingerprint density at radius 2 is 1.87 bits per heavy atom. The van der Waals surface area contributed by atoms with Crippen molar-refractivity contribution in [1.29, 1.82) is 0 Å². The molecule has 0 aromatic carbocycles. The molecule has 0 aliphatic carbocycles. The van der Waals surface area contributed by atoms with Crippen LogP contribution in [0.5, 0.6) is 0 Å². The van der Waals surface area contributed by atoms with E-state index in [2.05, 4.69) is 4.74 Å². The highest BCUT2D eigenvalue weighted by Gasteiger charge is 2.10. The van der Waals surface area contributed by atoms with Crippen molar-refractivity contribution in [1.82, 2.24) is 0 Å². The van der Waals surface area contributed by atoms with Crippen molar-refractivity contribution in [3.63, 3.8) is 0 Å². The first kappa shape index (κ1) is 14.1. The van der Waals surface area contributed by atoms with Crippen LogP contribution in [0.15, 0.2) is 0 Å². The fourth-order valence-corrected chi connectivity index (χ4v) is 1.37. The van der Waals surface area contributed by atoms with Gasteiger partial charge in [0.1, 0.15) is 5.78 Å². The van der Waals surface area contributed by atoms with E-state index >= 15 is 0 Å². The minimum absolute atomic E-state index is 0.0138. The molecule has 1 atom stereocenters. The van der Waals surface area contributed by atoms with Gasteiger partial charge >= 0.3 is 5.97 Å². The van der Waals surface area contributed by atoms with Gasteiger partial charge < -0.3 is 9.47 Å². The molecular formula is C11H20O4. The Morgan fingerprint density at radius 1 is 1.20 bits per heavy atom. The van der Waals surface area contributed by atoms with Gasteiger partial charge in [-0.1, -0.05) is 6.42 Å². The van der Waals surface area contributed by atoms with Crippen LogP contribution in [0, 0.1) is 0 Å². The first-order valence-corrected chi connectivity index (χ1v) is 5.19. The first-order valence-electron chi connectivity index (χ1n) is 5.19. The second-order valence-electron chi connectivity index (χ2n) is 3.59. The van der Waals surface area contributed by atoms with Crippen LogP contribution in [0.1, 0.15) is 39.0 Å². The van der Waals surface area contributed by atoms with Crippen LogP contribution in [0.25, 0.3) is 0 Å². The van der Waals surface area contributed by atoms with Gasteiger partial charge in [-0.3, -0.25) is 9.59 Å². The number of Topliss-reactive ketones (excluding diaryl/α,β-unsaturated/α-hetero) is 1. The fourth-order valence-electron chi connectivity index (χ4n) is 1.37. The summed E-state index contributed by atoms with van der Waals surface area (Å²) in [6, 6.07) is 0. The average Bonchev–Trinajstić information content (AvgIpc) is 2.21. The van der Waals surface area contributed by atoms with Crippen molar-refractivity contribution in [2.75, 3.05) is 14.2 Å². The number of carbonyl (C=O) groups excluding carboxylic acids is 2. The third-order valence-corrected chi connectivity index (χ3v) is 2.23. The summed E-state index contributed by atoms with van der Waals surface area (Å²) >= 11 is 0. The van der Waals surface area contributed by atoms with E-state index in [1.54, 1.807) is 14.0 Å². The lowest BCUT2D eigenvalue weighted by Crippen LogP contribution is -2.14. The molecule has 0 saturated heterocycles. The van der Waals surface area contributed by atoms with Gasteiger partial charge in [0.15, 0.2) is 0 Å². The zero-order valence-corrected chi connectivity index (χ0v) is 9.75. The highest BCUT2D eigenvalue weighted by atomic mass is 16.5. The van der Waals surface area contributed by atoms with Crippen LogP contribution < -0.4 is 0 Å². The molecule has 4 heteroatoms. The Kier molecular flexibility index (Phi) is 7.91. The van der Waals surface area contributed by atoms with Crippen LogP contribution in [0.4, 0.5) is 0 Å². The van der Waals surface area contributed by atoms with E-state index in [-0.39, 0.29) is 17.9 Å². The maximum Gasteiger partial charge on any atom is 0.305 e. The van der Waals surface area contributed by atoms with Gasteiger partial charge in [0.2, 0.25) is 0 Å². The molecule has 0 aromatic rings. The van der Waals surface area contributed by atoms with Gasteiger partial charge in [-0.25, -0.2) is 0 Å². The summed E-state index contributed by atoms with van der Waals surface area (Å²) in [5.41, 5.74) is 0. The molecular weight excluding hydrogens is 196 g/mol. The second kappa shape index (κ2) is 8.41. The number of esters is 1. The molecule has 0 bridgehead atoms. The second-order valence-corrected chi connectivity index (χ2v) is 3.59. The number of rotatable bonds is 8. The summed E-state index contributed by atoms with van der Waals surface area (Å²) in [5.74, 6) is -0.0506. The maximum absolute atomic E-state index is 10.8. The molecule has 0 aliphatic heterocycles. The zero-order valence-electron chi connectivity index (χ0n) is 9.75. The number of methoxy groups -OCH3 is 2. The van der Waals surface area contributed by atoms with Crippen molar-refractivity contribution in [3.05, 3.63) is 0 Å². The van der Waals surface area contributed by atoms with Crippen LogP contribution >= 0.6 is 0 Å². The topological polar surface area (TPSA) is 52.6 Å². The first-order chi connectivity index (χ1) is 7.10. The van der Waals surface area contributed by atoms with Gasteiger partial charge in [0.05, 0.1) is 13.2 Å². The van der Waals surface area contributed by atoms with E-state index < -0.39 is 0 Å². The molecule has 0 saturated carbocycles. The van der Waals surface area contributed by atoms with Gasteiger partial charge in [0.25, 0.3) is 0 Å².